The second kappa shape index (κ2) is 7.47. The largest absolute Gasteiger partial charge is 0.382 e. The first kappa shape index (κ1) is 15.9. The standard InChI is InChI=1S/C15H19F2NO3/c1-20-8-9-21-12-4-6-18(7-5-12)15(19)13-10-11(16)2-3-14(13)17/h2-3,10,12H,4-9H2,1H3. The van der Waals surface area contributed by atoms with Gasteiger partial charge in [0.05, 0.1) is 24.9 Å². The molecule has 1 aliphatic rings. The highest BCUT2D eigenvalue weighted by atomic mass is 19.1. The van der Waals surface area contributed by atoms with E-state index in [2.05, 4.69) is 0 Å². The van der Waals surface area contributed by atoms with E-state index in [0.717, 1.165) is 18.2 Å². The van der Waals surface area contributed by atoms with E-state index < -0.39 is 17.5 Å². The SMILES string of the molecule is COCCOC1CCN(C(=O)c2cc(F)ccc2F)CC1. The molecule has 0 radical (unpaired) electrons. The molecule has 0 spiro atoms. The van der Waals surface area contributed by atoms with Crippen LogP contribution in [0.1, 0.15) is 23.2 Å². The molecule has 0 aromatic heterocycles. The molecule has 1 aromatic rings. The average molecular weight is 299 g/mol. The minimum Gasteiger partial charge on any atom is -0.382 e. The zero-order chi connectivity index (χ0) is 15.2. The molecule has 4 nitrogen and oxygen atoms in total. The maximum Gasteiger partial charge on any atom is 0.256 e. The normalized spacial score (nSPS) is 16.2. The second-order valence-electron chi connectivity index (χ2n) is 4.98. The zero-order valence-electron chi connectivity index (χ0n) is 12.0. The number of carbonyl (C=O) groups is 1. The van der Waals surface area contributed by atoms with Gasteiger partial charge in [-0.25, -0.2) is 8.78 Å². The highest BCUT2D eigenvalue weighted by Crippen LogP contribution is 2.18. The summed E-state index contributed by atoms with van der Waals surface area (Å²) in [5.74, 6) is -1.78. The summed E-state index contributed by atoms with van der Waals surface area (Å²) < 4.78 is 37.3. The number of hydrogen-bond donors (Lipinski definition) is 0. The van der Waals surface area contributed by atoms with Crippen LogP contribution in [0.15, 0.2) is 18.2 Å². The first-order valence-electron chi connectivity index (χ1n) is 6.96. The Kier molecular flexibility index (Phi) is 5.64. The van der Waals surface area contributed by atoms with Crippen LogP contribution < -0.4 is 0 Å². The van der Waals surface area contributed by atoms with E-state index >= 15 is 0 Å². The minimum atomic E-state index is -0.695. The van der Waals surface area contributed by atoms with Crippen LogP contribution >= 0.6 is 0 Å². The lowest BCUT2D eigenvalue weighted by molar-refractivity contribution is -0.0123. The number of amides is 1. The van der Waals surface area contributed by atoms with Crippen molar-refractivity contribution in [2.24, 2.45) is 0 Å². The highest BCUT2D eigenvalue weighted by Gasteiger charge is 2.25. The van der Waals surface area contributed by atoms with Crippen LogP contribution in [0.25, 0.3) is 0 Å². The van der Waals surface area contributed by atoms with Crippen molar-refractivity contribution in [3.05, 3.63) is 35.4 Å². The molecule has 6 heteroatoms. The first-order chi connectivity index (χ1) is 10.1. The lowest BCUT2D eigenvalue weighted by atomic mass is 10.1. The molecule has 1 aliphatic heterocycles. The summed E-state index contributed by atoms with van der Waals surface area (Å²) >= 11 is 0. The van der Waals surface area contributed by atoms with Crippen molar-refractivity contribution in [2.45, 2.75) is 18.9 Å². The summed E-state index contributed by atoms with van der Waals surface area (Å²) in [6, 6.07) is 2.92. The number of nitrogens with zero attached hydrogens (tertiary/aromatic N) is 1. The topological polar surface area (TPSA) is 38.8 Å². The summed E-state index contributed by atoms with van der Waals surface area (Å²) in [5, 5.41) is 0. The number of piperidine rings is 1. The molecule has 0 bridgehead atoms. The van der Waals surface area contributed by atoms with E-state index in [1.54, 1.807) is 7.11 Å². The molecule has 116 valence electrons. The number of likely N-dealkylation sites (tertiary alicyclic amines) is 1. The number of ether oxygens (including phenoxy) is 2. The molecule has 0 atom stereocenters. The quantitative estimate of drug-likeness (QED) is 0.783. The number of rotatable bonds is 5. The monoisotopic (exact) mass is 299 g/mol. The maximum absolute atomic E-state index is 13.6. The van der Waals surface area contributed by atoms with Crippen molar-refractivity contribution in [3.63, 3.8) is 0 Å². The van der Waals surface area contributed by atoms with Crippen molar-refractivity contribution in [2.75, 3.05) is 33.4 Å². The number of benzene rings is 1. The van der Waals surface area contributed by atoms with Crippen LogP contribution in [0.3, 0.4) is 0 Å². The van der Waals surface area contributed by atoms with Crippen molar-refractivity contribution >= 4 is 5.91 Å². The third kappa shape index (κ3) is 4.22. The van der Waals surface area contributed by atoms with Crippen molar-refractivity contribution in [1.29, 1.82) is 0 Å². The van der Waals surface area contributed by atoms with E-state index in [4.69, 9.17) is 9.47 Å². The minimum absolute atomic E-state index is 0.0848. The van der Waals surface area contributed by atoms with Gasteiger partial charge in [-0.3, -0.25) is 4.79 Å². The molecule has 1 saturated heterocycles. The van der Waals surface area contributed by atoms with Gasteiger partial charge in [0.25, 0.3) is 5.91 Å². The third-order valence-corrected chi connectivity index (χ3v) is 3.53. The zero-order valence-corrected chi connectivity index (χ0v) is 12.0. The molecule has 21 heavy (non-hydrogen) atoms. The van der Waals surface area contributed by atoms with Crippen LogP contribution in [0.4, 0.5) is 8.78 Å². The molecule has 1 heterocycles. The van der Waals surface area contributed by atoms with Gasteiger partial charge in [-0.2, -0.15) is 0 Å². The summed E-state index contributed by atoms with van der Waals surface area (Å²) in [7, 11) is 1.61. The highest BCUT2D eigenvalue weighted by molar-refractivity contribution is 5.94. The lowest BCUT2D eigenvalue weighted by Crippen LogP contribution is -2.41. The van der Waals surface area contributed by atoms with Crippen molar-refractivity contribution in [1.82, 2.24) is 4.90 Å². The molecule has 1 amide bonds. The van der Waals surface area contributed by atoms with Gasteiger partial charge in [0.1, 0.15) is 11.6 Å². The van der Waals surface area contributed by atoms with Crippen LogP contribution in [0, 0.1) is 11.6 Å². The van der Waals surface area contributed by atoms with Crippen LogP contribution in [0.5, 0.6) is 0 Å². The van der Waals surface area contributed by atoms with Crippen LogP contribution in [0.2, 0.25) is 0 Å². The Balaban J connectivity index is 1.89. The molecule has 0 unspecified atom stereocenters. The molecule has 0 N–H and O–H groups in total. The number of carbonyl (C=O) groups excluding carboxylic acids is 1. The summed E-state index contributed by atoms with van der Waals surface area (Å²) in [4.78, 5) is 13.7. The second-order valence-corrected chi connectivity index (χ2v) is 4.98. The predicted octanol–water partition coefficient (Wildman–Crippen LogP) is 2.23. The van der Waals surface area contributed by atoms with E-state index in [0.29, 0.717) is 39.1 Å². The van der Waals surface area contributed by atoms with Crippen LogP contribution in [-0.2, 0) is 9.47 Å². The van der Waals surface area contributed by atoms with E-state index in [-0.39, 0.29) is 11.7 Å². The molecule has 1 fully saturated rings. The summed E-state index contributed by atoms with van der Waals surface area (Å²) in [6.07, 6.45) is 1.46. The number of methoxy groups -OCH3 is 1. The maximum atomic E-state index is 13.6. The molecular formula is C15H19F2NO3. The third-order valence-electron chi connectivity index (χ3n) is 3.53. The Labute approximate surface area is 122 Å². The van der Waals surface area contributed by atoms with Gasteiger partial charge in [-0.1, -0.05) is 0 Å². The van der Waals surface area contributed by atoms with Gasteiger partial charge in [-0.15, -0.1) is 0 Å². The Hall–Kier alpha value is -1.53. The van der Waals surface area contributed by atoms with Gasteiger partial charge >= 0.3 is 0 Å². The van der Waals surface area contributed by atoms with Gasteiger partial charge in [0.15, 0.2) is 0 Å². The van der Waals surface area contributed by atoms with E-state index in [1.807, 2.05) is 0 Å². The Morgan fingerprint density at radius 3 is 2.67 bits per heavy atom. The summed E-state index contributed by atoms with van der Waals surface area (Å²) in [5.41, 5.74) is -0.214. The average Bonchev–Trinajstić information content (AvgIpc) is 2.50. The Bertz CT molecular complexity index is 488. The number of hydrogen-bond acceptors (Lipinski definition) is 3. The van der Waals surface area contributed by atoms with Crippen LogP contribution in [-0.4, -0.2) is 50.3 Å². The Morgan fingerprint density at radius 1 is 1.29 bits per heavy atom. The fourth-order valence-electron chi connectivity index (χ4n) is 2.36. The van der Waals surface area contributed by atoms with Crippen molar-refractivity contribution < 1.29 is 23.0 Å². The molecule has 0 saturated carbocycles. The number of halogens is 2. The van der Waals surface area contributed by atoms with Crippen molar-refractivity contribution in [3.8, 4) is 0 Å². The molecular weight excluding hydrogens is 280 g/mol. The van der Waals surface area contributed by atoms with Gasteiger partial charge < -0.3 is 14.4 Å². The fourth-order valence-corrected chi connectivity index (χ4v) is 2.36. The van der Waals surface area contributed by atoms with Gasteiger partial charge in [0.2, 0.25) is 0 Å². The molecule has 0 aliphatic carbocycles. The lowest BCUT2D eigenvalue weighted by Gasteiger charge is -2.32. The predicted molar refractivity (Wildman–Crippen MR) is 73.1 cm³/mol. The smallest absolute Gasteiger partial charge is 0.256 e. The van der Waals surface area contributed by atoms with E-state index in [1.165, 1.54) is 4.90 Å². The van der Waals surface area contributed by atoms with E-state index in [9.17, 15) is 13.6 Å². The molecule has 1 aromatic carbocycles. The van der Waals surface area contributed by atoms with Gasteiger partial charge in [-0.05, 0) is 31.0 Å². The first-order valence-corrected chi connectivity index (χ1v) is 6.96. The van der Waals surface area contributed by atoms with Gasteiger partial charge in [0, 0.05) is 20.2 Å². The fraction of sp³-hybridized carbons (Fsp3) is 0.533. The molecule has 2 rings (SSSR count). The Morgan fingerprint density at radius 2 is 2.00 bits per heavy atom. The summed E-state index contributed by atoms with van der Waals surface area (Å²) in [6.45, 7) is 2.01.